The first-order valence-electron chi connectivity index (χ1n) is 16.6. The van der Waals surface area contributed by atoms with Crippen LogP contribution in [0.5, 0.6) is 11.8 Å². The van der Waals surface area contributed by atoms with Gasteiger partial charge in [0, 0.05) is 48.6 Å². The van der Waals surface area contributed by atoms with Gasteiger partial charge in [0.1, 0.15) is 41.4 Å². The van der Waals surface area contributed by atoms with Crippen LogP contribution >= 0.6 is 0 Å². The molecule has 0 aliphatic carbocycles. The van der Waals surface area contributed by atoms with Crippen molar-refractivity contribution in [1.82, 2.24) is 25.2 Å². The third kappa shape index (κ3) is 4.34. The molecule has 4 aromatic rings. The summed E-state index contributed by atoms with van der Waals surface area (Å²) in [5.41, 5.74) is 0.320. The molecule has 4 fully saturated rings. The highest BCUT2D eigenvalue weighted by molar-refractivity contribution is 6.03. The average molecular weight is 641 g/mol. The third-order valence-corrected chi connectivity index (χ3v) is 11.3. The van der Waals surface area contributed by atoms with Gasteiger partial charge in [-0.15, -0.1) is 6.42 Å². The molecule has 0 unspecified atom stereocenters. The molecule has 8 nitrogen and oxygen atoms in total. The van der Waals surface area contributed by atoms with Gasteiger partial charge in [0.25, 0.3) is 0 Å². The van der Waals surface area contributed by atoms with Gasteiger partial charge in [-0.2, -0.15) is 9.97 Å². The lowest BCUT2D eigenvalue weighted by Crippen LogP contribution is -2.60. The second kappa shape index (κ2) is 10.4. The zero-order valence-corrected chi connectivity index (χ0v) is 26.1. The Balaban J connectivity index is 1.26. The van der Waals surface area contributed by atoms with E-state index < -0.39 is 23.3 Å². The number of piperazine rings is 1. The fourth-order valence-corrected chi connectivity index (χ4v) is 9.40. The molecule has 4 saturated heterocycles. The number of anilines is 1. The highest BCUT2D eigenvalue weighted by Gasteiger charge is 2.50. The normalized spacial score (nSPS) is 29.6. The summed E-state index contributed by atoms with van der Waals surface area (Å²) >= 11 is 0. The van der Waals surface area contributed by atoms with Crippen molar-refractivity contribution in [3.05, 3.63) is 47.2 Å². The molecule has 242 valence electrons. The molecule has 47 heavy (non-hydrogen) atoms. The van der Waals surface area contributed by atoms with E-state index in [0.717, 1.165) is 32.2 Å². The van der Waals surface area contributed by atoms with E-state index >= 15 is 8.78 Å². The fourth-order valence-electron chi connectivity index (χ4n) is 9.40. The predicted octanol–water partition coefficient (Wildman–Crippen LogP) is 5.27. The molecule has 2 aromatic heterocycles. The van der Waals surface area contributed by atoms with E-state index in [2.05, 4.69) is 28.0 Å². The molecule has 0 spiro atoms. The lowest BCUT2D eigenvalue weighted by atomic mass is 9.89. The molecule has 0 radical (unpaired) electrons. The number of alkyl halides is 1. The highest BCUT2D eigenvalue weighted by Crippen LogP contribution is 2.45. The van der Waals surface area contributed by atoms with E-state index in [1.165, 1.54) is 24.3 Å². The lowest BCUT2D eigenvalue weighted by molar-refractivity contribution is 0.107. The van der Waals surface area contributed by atoms with Crippen molar-refractivity contribution in [2.24, 2.45) is 5.92 Å². The van der Waals surface area contributed by atoms with Gasteiger partial charge in [-0.1, -0.05) is 18.9 Å². The van der Waals surface area contributed by atoms with Crippen LogP contribution in [-0.2, 0) is 6.42 Å². The van der Waals surface area contributed by atoms with Crippen molar-refractivity contribution in [2.75, 3.05) is 31.1 Å². The highest BCUT2D eigenvalue weighted by atomic mass is 19.1. The van der Waals surface area contributed by atoms with Gasteiger partial charge in [-0.05, 0) is 68.2 Å². The van der Waals surface area contributed by atoms with Crippen LogP contribution in [0.4, 0.5) is 19.0 Å². The number of benzene rings is 2. The molecule has 7 heterocycles. The molecule has 6 atom stereocenters. The van der Waals surface area contributed by atoms with Crippen LogP contribution in [0.15, 0.2) is 24.3 Å². The van der Waals surface area contributed by atoms with E-state index in [4.69, 9.17) is 26.1 Å². The van der Waals surface area contributed by atoms with Crippen LogP contribution in [0.2, 0.25) is 0 Å². The number of hydrogen-bond acceptors (Lipinski definition) is 8. The van der Waals surface area contributed by atoms with Gasteiger partial charge in [0.2, 0.25) is 0 Å². The Morgan fingerprint density at radius 2 is 2.02 bits per heavy atom. The molecular weight excluding hydrogens is 605 g/mol. The maximum absolute atomic E-state index is 17.2. The van der Waals surface area contributed by atoms with Crippen LogP contribution in [-0.4, -0.2) is 81.0 Å². The number of halogens is 3. The molecule has 11 heteroatoms. The van der Waals surface area contributed by atoms with Gasteiger partial charge < -0.3 is 20.1 Å². The summed E-state index contributed by atoms with van der Waals surface area (Å²) in [7, 11) is 0. The van der Waals surface area contributed by atoms with Crippen LogP contribution in [0.25, 0.3) is 32.9 Å². The zero-order valence-electron chi connectivity index (χ0n) is 26.1. The Morgan fingerprint density at radius 3 is 2.87 bits per heavy atom. The number of phenols is 1. The van der Waals surface area contributed by atoms with E-state index in [9.17, 15) is 9.50 Å². The first-order valence-corrected chi connectivity index (χ1v) is 16.6. The number of phenolic OH excluding ortho intramolecular Hbond substituents is 1. The summed E-state index contributed by atoms with van der Waals surface area (Å²) in [6.07, 6.45) is 9.65. The maximum Gasteiger partial charge on any atom is 0.319 e. The number of nitrogens with zero attached hydrogens (tertiary/aromatic N) is 5. The second-order valence-electron chi connectivity index (χ2n) is 14.2. The number of aromatic nitrogens is 3. The number of hydrogen-bond donors (Lipinski definition) is 2. The number of fused-ring (bicyclic) bond motifs is 7. The summed E-state index contributed by atoms with van der Waals surface area (Å²) in [6.45, 7) is 4.31. The summed E-state index contributed by atoms with van der Waals surface area (Å²) in [5, 5.41) is 15.8. The van der Waals surface area contributed by atoms with Crippen LogP contribution in [0, 0.1) is 29.9 Å². The predicted molar refractivity (Wildman–Crippen MR) is 172 cm³/mol. The van der Waals surface area contributed by atoms with Gasteiger partial charge in [-0.3, -0.25) is 4.90 Å². The molecule has 2 aromatic carbocycles. The maximum atomic E-state index is 17.2. The summed E-state index contributed by atoms with van der Waals surface area (Å²) in [4.78, 5) is 19.0. The van der Waals surface area contributed by atoms with Gasteiger partial charge >= 0.3 is 6.01 Å². The van der Waals surface area contributed by atoms with Crippen molar-refractivity contribution < 1.29 is 23.0 Å². The molecule has 5 aliphatic rings. The van der Waals surface area contributed by atoms with Crippen molar-refractivity contribution in [3.63, 3.8) is 0 Å². The minimum Gasteiger partial charge on any atom is -0.508 e. The van der Waals surface area contributed by atoms with Crippen LogP contribution < -0.4 is 15.0 Å². The van der Waals surface area contributed by atoms with E-state index in [-0.39, 0.29) is 70.1 Å². The minimum absolute atomic E-state index is 0.0345. The van der Waals surface area contributed by atoms with Gasteiger partial charge in [0.05, 0.1) is 22.2 Å². The summed E-state index contributed by atoms with van der Waals surface area (Å²) in [6, 6.07) is 6.26. The molecule has 5 aliphatic heterocycles. The number of nitrogens with one attached hydrogen (secondary N) is 1. The molecule has 2 bridgehead atoms. The zero-order chi connectivity index (χ0) is 32.2. The number of ether oxygens (including phenoxy) is 1. The average Bonchev–Trinajstić information content (AvgIpc) is 3.69. The number of pyridine rings is 1. The SMILES string of the molecule is C#Cc1c(F)ccc2cc(O)cc(-c3nc4c5c(nc(OC[C@@]67CCCN6C[C@H](F)C7)nc5c3F)N3C[C@H]5CC[C@H](N5)[C@@H]3[C@H](C)C4)c12. The second-order valence-corrected chi connectivity index (χ2v) is 14.2. The largest absolute Gasteiger partial charge is 0.508 e. The molecule has 0 saturated carbocycles. The summed E-state index contributed by atoms with van der Waals surface area (Å²) in [5.74, 6) is 1.66. The van der Waals surface area contributed by atoms with Crippen molar-refractivity contribution in [1.29, 1.82) is 0 Å². The third-order valence-electron chi connectivity index (χ3n) is 11.3. The van der Waals surface area contributed by atoms with Crippen LogP contribution in [0.3, 0.4) is 0 Å². The number of aromatic hydroxyl groups is 1. The Bertz CT molecular complexity index is 2020. The van der Waals surface area contributed by atoms with Gasteiger partial charge in [0.15, 0.2) is 5.82 Å². The number of rotatable bonds is 4. The lowest BCUT2D eigenvalue weighted by Gasteiger charge is -2.43. The molecular formula is C36H35F3N6O2. The van der Waals surface area contributed by atoms with E-state index in [0.29, 0.717) is 48.2 Å². The Kier molecular flexibility index (Phi) is 6.44. The number of terminal acetylenes is 1. The van der Waals surface area contributed by atoms with Crippen molar-refractivity contribution in [2.45, 2.75) is 75.3 Å². The molecule has 9 rings (SSSR count). The van der Waals surface area contributed by atoms with E-state index in [1.54, 1.807) is 0 Å². The monoisotopic (exact) mass is 640 g/mol. The van der Waals surface area contributed by atoms with E-state index in [1.807, 2.05) is 0 Å². The minimum atomic E-state index is -0.914. The quantitative estimate of drug-likeness (QED) is 0.292. The molecule has 2 N–H and O–H groups in total. The Morgan fingerprint density at radius 1 is 1.15 bits per heavy atom. The first kappa shape index (κ1) is 29.0. The fraction of sp³-hybridized carbons (Fsp3) is 0.472. The smallest absolute Gasteiger partial charge is 0.319 e. The summed E-state index contributed by atoms with van der Waals surface area (Å²) < 4.78 is 53.1. The molecule has 0 amide bonds. The first-order chi connectivity index (χ1) is 22.7. The van der Waals surface area contributed by atoms with Crippen LogP contribution in [0.1, 0.15) is 50.3 Å². The van der Waals surface area contributed by atoms with Crippen molar-refractivity contribution >= 4 is 27.5 Å². The van der Waals surface area contributed by atoms with Gasteiger partial charge in [-0.25, -0.2) is 18.2 Å². The Labute approximate surface area is 270 Å². The topological polar surface area (TPSA) is 86.6 Å². The standard InChI is InChI=1S/C36H35F3N6O2/c1-3-23-25(38)7-5-19-12-22(46)13-24(28(19)23)31-30(39)32-29-27(41-31)11-18(2)33-26-8-6-21(40-26)16-45(33)34(29)43-35(42-32)47-17-36-9-4-10-44(36)15-20(37)14-36/h1,5,7,12-13,18,20-21,26,33,40,46H,4,6,8-11,14-17H2,2H3/t18-,20-,21-,26+,33+,36+/m1/s1. The van der Waals surface area contributed by atoms with Crippen molar-refractivity contribution in [3.8, 4) is 35.4 Å². The Hall–Kier alpha value is -4.14.